The summed E-state index contributed by atoms with van der Waals surface area (Å²) in [6.45, 7) is 2.43. The summed E-state index contributed by atoms with van der Waals surface area (Å²) in [6.07, 6.45) is 1.54. The summed E-state index contributed by atoms with van der Waals surface area (Å²) in [4.78, 5) is 9.33. The SMILES string of the molecule is CCOc1ccc(/C=N/Nc2nc(-c3ccc(Br)cc3)nc3ccccc23)c(O)c1. The highest BCUT2D eigenvalue weighted by Crippen LogP contribution is 2.26. The predicted molar refractivity (Wildman–Crippen MR) is 123 cm³/mol. The first-order valence-electron chi connectivity index (χ1n) is 9.41. The molecule has 0 saturated carbocycles. The number of fused-ring (bicyclic) bond motifs is 1. The lowest BCUT2D eigenvalue weighted by atomic mass is 10.2. The molecule has 0 aliphatic rings. The summed E-state index contributed by atoms with van der Waals surface area (Å²) in [6, 6.07) is 20.7. The third-order valence-electron chi connectivity index (χ3n) is 4.39. The molecule has 30 heavy (non-hydrogen) atoms. The molecule has 1 heterocycles. The van der Waals surface area contributed by atoms with Gasteiger partial charge in [-0.25, -0.2) is 9.97 Å². The Morgan fingerprint density at radius 1 is 1.07 bits per heavy atom. The van der Waals surface area contributed by atoms with Gasteiger partial charge in [-0.05, 0) is 43.3 Å². The molecular weight excluding hydrogens is 444 g/mol. The normalized spacial score (nSPS) is 11.1. The predicted octanol–water partition coefficient (Wildman–Crippen LogP) is 5.61. The Hall–Kier alpha value is -3.45. The van der Waals surface area contributed by atoms with E-state index in [9.17, 15) is 5.11 Å². The number of nitrogens with zero attached hydrogens (tertiary/aromatic N) is 3. The number of halogens is 1. The summed E-state index contributed by atoms with van der Waals surface area (Å²) in [7, 11) is 0. The quantitative estimate of drug-likeness (QED) is 0.287. The van der Waals surface area contributed by atoms with Gasteiger partial charge >= 0.3 is 0 Å². The molecular formula is C23H19BrN4O2. The van der Waals surface area contributed by atoms with Gasteiger partial charge < -0.3 is 9.84 Å². The first kappa shape index (κ1) is 19.8. The van der Waals surface area contributed by atoms with Crippen molar-refractivity contribution in [2.45, 2.75) is 6.92 Å². The zero-order valence-corrected chi connectivity index (χ0v) is 17.8. The summed E-state index contributed by atoms with van der Waals surface area (Å²) < 4.78 is 6.38. The maximum absolute atomic E-state index is 10.2. The highest BCUT2D eigenvalue weighted by molar-refractivity contribution is 9.10. The number of ether oxygens (including phenoxy) is 1. The average molecular weight is 463 g/mol. The van der Waals surface area contributed by atoms with Gasteiger partial charge in [0.2, 0.25) is 0 Å². The number of hydrogen-bond acceptors (Lipinski definition) is 6. The van der Waals surface area contributed by atoms with Crippen molar-refractivity contribution in [3.63, 3.8) is 0 Å². The molecule has 2 N–H and O–H groups in total. The van der Waals surface area contributed by atoms with Crippen LogP contribution in [-0.2, 0) is 0 Å². The lowest BCUT2D eigenvalue weighted by Gasteiger charge is -2.08. The Morgan fingerprint density at radius 3 is 2.63 bits per heavy atom. The van der Waals surface area contributed by atoms with Crippen molar-refractivity contribution in [2.24, 2.45) is 5.10 Å². The number of phenolic OH excluding ortho intramolecular Hbond substituents is 1. The standard InChI is InChI=1S/C23H19BrN4O2/c1-2-30-18-12-9-16(21(29)13-18)14-25-28-23-19-5-3-4-6-20(19)26-22(27-23)15-7-10-17(24)11-8-15/h3-14,29H,2H2,1H3,(H,26,27,28)/b25-14+. The van der Waals surface area contributed by atoms with Crippen LogP contribution >= 0.6 is 15.9 Å². The van der Waals surface area contributed by atoms with Crippen LogP contribution in [-0.4, -0.2) is 27.9 Å². The van der Waals surface area contributed by atoms with Gasteiger partial charge in [-0.1, -0.05) is 40.2 Å². The Balaban J connectivity index is 1.65. The van der Waals surface area contributed by atoms with Crippen molar-refractivity contribution in [3.05, 3.63) is 76.8 Å². The van der Waals surface area contributed by atoms with Crippen LogP contribution in [0.15, 0.2) is 76.3 Å². The summed E-state index contributed by atoms with van der Waals surface area (Å²) in [5, 5.41) is 15.3. The number of aromatic hydroxyl groups is 1. The molecule has 150 valence electrons. The van der Waals surface area contributed by atoms with E-state index in [1.807, 2.05) is 55.5 Å². The third-order valence-corrected chi connectivity index (χ3v) is 4.92. The fraction of sp³-hybridized carbons (Fsp3) is 0.0870. The minimum atomic E-state index is 0.0922. The van der Waals surface area contributed by atoms with Crippen molar-refractivity contribution in [2.75, 3.05) is 12.0 Å². The second-order valence-corrected chi connectivity index (χ2v) is 7.36. The molecule has 0 atom stereocenters. The van der Waals surface area contributed by atoms with Crippen molar-refractivity contribution >= 4 is 38.9 Å². The van der Waals surface area contributed by atoms with Gasteiger partial charge in [-0.3, -0.25) is 5.43 Å². The van der Waals surface area contributed by atoms with Crippen LogP contribution in [0.25, 0.3) is 22.3 Å². The summed E-state index contributed by atoms with van der Waals surface area (Å²) in [5.74, 6) is 1.89. The number of aromatic nitrogens is 2. The van der Waals surface area contributed by atoms with Crippen molar-refractivity contribution in [3.8, 4) is 22.9 Å². The second-order valence-electron chi connectivity index (χ2n) is 6.44. The first-order valence-corrected chi connectivity index (χ1v) is 10.2. The van der Waals surface area contributed by atoms with Crippen LogP contribution in [0.5, 0.6) is 11.5 Å². The van der Waals surface area contributed by atoms with E-state index in [0.29, 0.717) is 29.6 Å². The first-order chi connectivity index (χ1) is 14.6. The van der Waals surface area contributed by atoms with Crippen LogP contribution in [0.3, 0.4) is 0 Å². The molecule has 4 rings (SSSR count). The van der Waals surface area contributed by atoms with Crippen molar-refractivity contribution in [1.29, 1.82) is 0 Å². The fourth-order valence-corrected chi connectivity index (χ4v) is 3.21. The molecule has 6 nitrogen and oxygen atoms in total. The average Bonchev–Trinajstić information content (AvgIpc) is 2.76. The van der Waals surface area contributed by atoms with E-state index in [2.05, 4.69) is 36.4 Å². The van der Waals surface area contributed by atoms with Crippen LogP contribution in [0.4, 0.5) is 5.82 Å². The Labute approximate surface area is 182 Å². The topological polar surface area (TPSA) is 79.6 Å². The number of anilines is 1. The number of rotatable bonds is 6. The maximum Gasteiger partial charge on any atom is 0.162 e. The van der Waals surface area contributed by atoms with Gasteiger partial charge in [-0.2, -0.15) is 5.10 Å². The highest BCUT2D eigenvalue weighted by Gasteiger charge is 2.09. The van der Waals surface area contributed by atoms with Gasteiger partial charge in [-0.15, -0.1) is 0 Å². The molecule has 4 aromatic rings. The Bertz CT molecular complexity index is 1210. The van der Waals surface area contributed by atoms with E-state index >= 15 is 0 Å². The van der Waals surface area contributed by atoms with E-state index in [-0.39, 0.29) is 5.75 Å². The molecule has 0 unspecified atom stereocenters. The van der Waals surface area contributed by atoms with E-state index in [1.165, 1.54) is 0 Å². The van der Waals surface area contributed by atoms with Crippen molar-refractivity contribution < 1.29 is 9.84 Å². The van der Waals surface area contributed by atoms with Crippen LogP contribution < -0.4 is 10.2 Å². The van der Waals surface area contributed by atoms with E-state index < -0.39 is 0 Å². The maximum atomic E-state index is 10.2. The minimum absolute atomic E-state index is 0.0922. The number of phenols is 1. The fourth-order valence-electron chi connectivity index (χ4n) is 2.94. The molecule has 0 radical (unpaired) electrons. The van der Waals surface area contributed by atoms with Crippen LogP contribution in [0.1, 0.15) is 12.5 Å². The molecule has 0 aliphatic carbocycles. The second kappa shape index (κ2) is 8.92. The number of nitrogens with one attached hydrogen (secondary N) is 1. The molecule has 0 fully saturated rings. The van der Waals surface area contributed by atoms with Crippen LogP contribution in [0.2, 0.25) is 0 Å². The molecule has 0 bridgehead atoms. The van der Waals surface area contributed by atoms with Gasteiger partial charge in [0.05, 0.1) is 18.3 Å². The van der Waals surface area contributed by atoms with E-state index in [0.717, 1.165) is 20.9 Å². The van der Waals surface area contributed by atoms with Gasteiger partial charge in [0.25, 0.3) is 0 Å². The molecule has 0 aliphatic heterocycles. The third kappa shape index (κ3) is 4.41. The largest absolute Gasteiger partial charge is 0.507 e. The highest BCUT2D eigenvalue weighted by atomic mass is 79.9. The molecule has 1 aromatic heterocycles. The zero-order chi connectivity index (χ0) is 20.9. The van der Waals surface area contributed by atoms with Gasteiger partial charge in [0.15, 0.2) is 11.6 Å². The Morgan fingerprint density at radius 2 is 1.87 bits per heavy atom. The molecule has 0 amide bonds. The number of hydrogen-bond donors (Lipinski definition) is 2. The smallest absolute Gasteiger partial charge is 0.162 e. The van der Waals surface area contributed by atoms with E-state index in [1.54, 1.807) is 24.4 Å². The summed E-state index contributed by atoms with van der Waals surface area (Å²) >= 11 is 3.45. The van der Waals surface area contributed by atoms with E-state index in [4.69, 9.17) is 4.74 Å². The molecule has 3 aromatic carbocycles. The monoisotopic (exact) mass is 462 g/mol. The molecule has 0 spiro atoms. The molecule has 7 heteroatoms. The lowest BCUT2D eigenvalue weighted by molar-refractivity contribution is 0.337. The van der Waals surface area contributed by atoms with Crippen LogP contribution in [0, 0.1) is 0 Å². The minimum Gasteiger partial charge on any atom is -0.507 e. The lowest BCUT2D eigenvalue weighted by Crippen LogP contribution is -1.99. The number of hydrazone groups is 1. The van der Waals surface area contributed by atoms with Crippen molar-refractivity contribution in [1.82, 2.24) is 9.97 Å². The summed E-state index contributed by atoms with van der Waals surface area (Å²) in [5.41, 5.74) is 5.27. The van der Waals surface area contributed by atoms with Gasteiger partial charge in [0, 0.05) is 27.1 Å². The number of benzene rings is 3. The molecule has 0 saturated heterocycles. The zero-order valence-electron chi connectivity index (χ0n) is 16.2. The Kier molecular flexibility index (Phi) is 5.90. The number of para-hydroxylation sites is 1. The van der Waals surface area contributed by atoms with Gasteiger partial charge in [0.1, 0.15) is 11.5 Å².